The van der Waals surface area contributed by atoms with Crippen LogP contribution in [-0.4, -0.2) is 39.5 Å². The standard InChI is InChI=1S/C23H36N3O2/c1-20(2,25-7)17-11-14-23(5,28-17)16-9-12-21(3,26-8)15-10-13-22(4,27)19(24-6)18(15)16/h6-8,15-19,27H,9-14H2,1-5H3/q+3. The van der Waals surface area contributed by atoms with Crippen LogP contribution in [0.5, 0.6) is 0 Å². The second-order valence-corrected chi connectivity index (χ2v) is 10.5. The lowest BCUT2D eigenvalue weighted by molar-refractivity contribution is -0.147. The minimum atomic E-state index is -0.929. The van der Waals surface area contributed by atoms with E-state index >= 15 is 0 Å². The molecule has 5 nitrogen and oxygen atoms in total. The number of rotatable bonds is 2. The summed E-state index contributed by atoms with van der Waals surface area (Å²) in [6, 6.07) is -0.357. The van der Waals surface area contributed by atoms with Gasteiger partial charge in [-0.3, -0.25) is 0 Å². The van der Waals surface area contributed by atoms with E-state index in [0.717, 1.165) is 32.1 Å². The maximum atomic E-state index is 11.1. The topological polar surface area (TPSA) is 42.5 Å². The summed E-state index contributed by atoms with van der Waals surface area (Å²) in [7, 11) is 0. The molecule has 2 aliphatic carbocycles. The third-order valence-electron chi connectivity index (χ3n) is 8.33. The summed E-state index contributed by atoms with van der Waals surface area (Å²) in [6.07, 6.45) is 5.16. The van der Waals surface area contributed by atoms with Gasteiger partial charge in [-0.2, -0.15) is 0 Å². The molecule has 0 aromatic rings. The Bertz CT molecular complexity index is 755. The zero-order chi connectivity index (χ0) is 21.0. The summed E-state index contributed by atoms with van der Waals surface area (Å²) in [5, 5.41) is 11.1. The summed E-state index contributed by atoms with van der Waals surface area (Å²) in [5.74, 6) is 0.511. The van der Waals surface area contributed by atoms with E-state index in [1.165, 1.54) is 0 Å². The Morgan fingerprint density at radius 2 is 1.61 bits per heavy atom. The van der Waals surface area contributed by atoms with Gasteiger partial charge < -0.3 is 9.84 Å². The van der Waals surface area contributed by atoms with Gasteiger partial charge in [-0.15, -0.1) is 0 Å². The smallest absolute Gasteiger partial charge is 0.303 e. The Morgan fingerprint density at radius 3 is 2.18 bits per heavy atom. The highest BCUT2D eigenvalue weighted by atomic mass is 16.5. The molecule has 152 valence electrons. The van der Waals surface area contributed by atoms with Gasteiger partial charge in [0.25, 0.3) is 25.3 Å². The van der Waals surface area contributed by atoms with E-state index in [9.17, 15) is 5.11 Å². The Labute approximate surface area is 169 Å². The number of fused-ring (bicyclic) bond motifs is 1. The Hall–Kier alpha value is -1.61. The number of ether oxygens (including phenoxy) is 1. The molecule has 0 bridgehead atoms. The van der Waals surface area contributed by atoms with Crippen molar-refractivity contribution >= 4 is 0 Å². The van der Waals surface area contributed by atoms with Crippen LogP contribution in [0.25, 0.3) is 14.5 Å². The van der Waals surface area contributed by atoms with Crippen LogP contribution < -0.4 is 0 Å². The number of aliphatic hydroxyl groups is 1. The average molecular weight is 387 g/mol. The van der Waals surface area contributed by atoms with Gasteiger partial charge in [-0.1, -0.05) is 14.5 Å². The van der Waals surface area contributed by atoms with Crippen LogP contribution in [0, 0.1) is 37.5 Å². The van der Waals surface area contributed by atoms with E-state index in [1.807, 2.05) is 20.8 Å². The first-order chi connectivity index (χ1) is 12.9. The van der Waals surface area contributed by atoms with Crippen molar-refractivity contribution in [3.05, 3.63) is 14.5 Å². The third kappa shape index (κ3) is 3.12. The van der Waals surface area contributed by atoms with Gasteiger partial charge in [-0.05, 0) is 51.9 Å². The van der Waals surface area contributed by atoms with Crippen LogP contribution in [0.3, 0.4) is 0 Å². The predicted octanol–water partition coefficient (Wildman–Crippen LogP) is 4.91. The van der Waals surface area contributed by atoms with Crippen LogP contribution in [0.2, 0.25) is 0 Å². The molecule has 0 aromatic carbocycles. The lowest BCUT2D eigenvalue weighted by Gasteiger charge is -2.51. The first-order valence-corrected chi connectivity index (χ1v) is 10.6. The van der Waals surface area contributed by atoms with Crippen molar-refractivity contribution in [1.29, 1.82) is 0 Å². The van der Waals surface area contributed by atoms with Crippen molar-refractivity contribution in [2.75, 3.05) is 0 Å². The maximum Gasteiger partial charge on any atom is 0.303 e. The first-order valence-electron chi connectivity index (χ1n) is 10.6. The van der Waals surface area contributed by atoms with E-state index in [1.54, 1.807) is 0 Å². The molecule has 3 fully saturated rings. The second kappa shape index (κ2) is 6.73. The molecular formula is C23H36N3O2+3. The fourth-order valence-electron chi connectivity index (χ4n) is 6.32. The van der Waals surface area contributed by atoms with E-state index in [0.29, 0.717) is 6.42 Å². The Balaban J connectivity index is 1.99. The monoisotopic (exact) mass is 386 g/mol. The van der Waals surface area contributed by atoms with Crippen molar-refractivity contribution in [2.24, 2.45) is 17.8 Å². The molecule has 28 heavy (non-hydrogen) atoms. The van der Waals surface area contributed by atoms with Crippen LogP contribution in [0.15, 0.2) is 0 Å². The molecular weight excluding hydrogens is 350 g/mol. The molecule has 3 aliphatic rings. The van der Waals surface area contributed by atoms with E-state index < -0.39 is 11.1 Å². The molecule has 0 amide bonds. The summed E-state index contributed by atoms with van der Waals surface area (Å²) < 4.78 is 6.66. The Kier molecular flexibility index (Phi) is 5.07. The van der Waals surface area contributed by atoms with Crippen molar-refractivity contribution in [1.82, 2.24) is 0 Å². The summed E-state index contributed by atoms with van der Waals surface area (Å²) >= 11 is 0. The van der Waals surface area contributed by atoms with E-state index in [-0.39, 0.29) is 41.0 Å². The van der Waals surface area contributed by atoms with Crippen molar-refractivity contribution in [3.8, 4) is 19.7 Å². The average Bonchev–Trinajstić information content (AvgIpc) is 3.05. The molecule has 3 rings (SSSR count). The summed E-state index contributed by atoms with van der Waals surface area (Å²) in [4.78, 5) is 12.5. The zero-order valence-electron chi connectivity index (χ0n) is 18.1. The van der Waals surface area contributed by atoms with Gasteiger partial charge in [-0.25, -0.2) is 0 Å². The van der Waals surface area contributed by atoms with Crippen LogP contribution in [0.1, 0.15) is 73.1 Å². The molecule has 5 heteroatoms. The largest absolute Gasteiger partial charge is 0.382 e. The zero-order valence-corrected chi connectivity index (χ0v) is 18.1. The van der Waals surface area contributed by atoms with Gasteiger partial charge in [0.05, 0.1) is 17.4 Å². The summed E-state index contributed by atoms with van der Waals surface area (Å²) in [6.45, 7) is 27.6. The molecule has 8 unspecified atom stereocenters. The number of hydrogen-bond acceptors (Lipinski definition) is 2. The maximum absolute atomic E-state index is 11.1. The highest BCUT2D eigenvalue weighted by Gasteiger charge is 2.68. The van der Waals surface area contributed by atoms with E-state index in [4.69, 9.17) is 24.5 Å². The molecule has 2 saturated carbocycles. The lowest BCUT2D eigenvalue weighted by atomic mass is 9.51. The highest BCUT2D eigenvalue weighted by molar-refractivity contribution is 5.20. The number of hydrogen-bond donors (Lipinski definition) is 1. The minimum Gasteiger partial charge on any atom is -0.382 e. The lowest BCUT2D eigenvalue weighted by Crippen LogP contribution is -2.61. The van der Waals surface area contributed by atoms with Gasteiger partial charge in [0.15, 0.2) is 0 Å². The first kappa shape index (κ1) is 21.1. The van der Waals surface area contributed by atoms with Crippen molar-refractivity contribution in [3.63, 3.8) is 0 Å². The fourth-order valence-corrected chi connectivity index (χ4v) is 6.32. The molecule has 0 radical (unpaired) electrons. The predicted molar refractivity (Wildman–Crippen MR) is 113 cm³/mol. The summed E-state index contributed by atoms with van der Waals surface area (Å²) in [5.41, 5.74) is -2.01. The fraction of sp³-hybridized carbons (Fsp3) is 0.870. The van der Waals surface area contributed by atoms with Crippen molar-refractivity contribution in [2.45, 2.75) is 108 Å². The van der Waals surface area contributed by atoms with Crippen LogP contribution in [-0.2, 0) is 4.74 Å². The van der Waals surface area contributed by atoms with Crippen LogP contribution in [0.4, 0.5) is 0 Å². The number of nitrogens with zero attached hydrogens (tertiary/aromatic N) is 3. The van der Waals surface area contributed by atoms with Gasteiger partial charge >= 0.3 is 11.6 Å². The highest BCUT2D eigenvalue weighted by Crippen LogP contribution is 2.58. The Morgan fingerprint density at radius 1 is 0.964 bits per heavy atom. The molecule has 1 heterocycles. The second-order valence-electron chi connectivity index (χ2n) is 10.5. The normalized spacial score (nSPS) is 48.8. The molecule has 8 atom stereocenters. The van der Waals surface area contributed by atoms with Gasteiger partial charge in [0, 0.05) is 27.2 Å². The molecule has 1 saturated heterocycles. The third-order valence-corrected chi connectivity index (χ3v) is 8.33. The molecule has 1 aliphatic heterocycles. The quantitative estimate of drug-likeness (QED) is 0.733. The molecule has 0 spiro atoms. The van der Waals surface area contributed by atoms with E-state index in [2.05, 4.69) is 28.4 Å². The van der Waals surface area contributed by atoms with Crippen molar-refractivity contribution < 1.29 is 9.84 Å². The molecule has 0 aromatic heterocycles. The van der Waals surface area contributed by atoms with Gasteiger partial charge in [0.1, 0.15) is 11.7 Å². The van der Waals surface area contributed by atoms with Crippen LogP contribution >= 0.6 is 0 Å². The van der Waals surface area contributed by atoms with Gasteiger partial charge in [0.2, 0.25) is 0 Å². The SMILES string of the molecule is C#[N+]C1C2C(CCC1(C)O)C(C)([N+]#C)CCC2C1(C)CCC(C(C)(C)[N+]#C)O1. The minimum absolute atomic E-state index is 0.0224. The molecule has 1 N–H and O–H groups in total.